The Bertz CT molecular complexity index is 1000. The minimum absolute atomic E-state index is 0.0100. The van der Waals surface area contributed by atoms with Crippen molar-refractivity contribution in [1.29, 1.82) is 0 Å². The van der Waals surface area contributed by atoms with E-state index in [1.54, 1.807) is 25.1 Å². The number of nitro groups is 1. The standard InChI is InChI=1S/C20H17N3O4/c1-13-3-5-15(6-4-13)14(2)21-22-20(24)19-12-11-18(27-19)16-7-9-17(10-8-16)23(25)26/h3-12H,1-2H3,(H,22,24)/b21-14+. The molecule has 1 amide bonds. The lowest BCUT2D eigenvalue weighted by Gasteiger charge is -2.02. The van der Waals surface area contributed by atoms with Gasteiger partial charge >= 0.3 is 5.91 Å². The highest BCUT2D eigenvalue weighted by atomic mass is 16.6. The van der Waals surface area contributed by atoms with Crippen LogP contribution in [-0.4, -0.2) is 16.5 Å². The van der Waals surface area contributed by atoms with Gasteiger partial charge in [0.15, 0.2) is 5.76 Å². The van der Waals surface area contributed by atoms with Crippen LogP contribution in [-0.2, 0) is 0 Å². The van der Waals surface area contributed by atoms with Crippen molar-refractivity contribution >= 4 is 17.3 Å². The molecule has 0 fully saturated rings. The van der Waals surface area contributed by atoms with Crippen molar-refractivity contribution in [1.82, 2.24) is 5.43 Å². The van der Waals surface area contributed by atoms with Crippen LogP contribution in [0.25, 0.3) is 11.3 Å². The number of nitrogens with one attached hydrogen (secondary N) is 1. The second kappa shape index (κ2) is 7.65. The van der Waals surface area contributed by atoms with Gasteiger partial charge in [-0.15, -0.1) is 0 Å². The average molecular weight is 363 g/mol. The maximum atomic E-state index is 12.2. The molecule has 1 N–H and O–H groups in total. The average Bonchev–Trinajstić information content (AvgIpc) is 3.17. The molecule has 7 heteroatoms. The molecule has 0 radical (unpaired) electrons. The van der Waals surface area contributed by atoms with Crippen molar-refractivity contribution in [2.75, 3.05) is 0 Å². The highest BCUT2D eigenvalue weighted by molar-refractivity contribution is 6.00. The molecule has 3 aromatic rings. The fourth-order valence-corrected chi connectivity index (χ4v) is 2.41. The quantitative estimate of drug-likeness (QED) is 0.415. The van der Waals surface area contributed by atoms with Gasteiger partial charge < -0.3 is 4.42 Å². The van der Waals surface area contributed by atoms with Crippen LogP contribution in [0.2, 0.25) is 0 Å². The van der Waals surface area contributed by atoms with E-state index in [4.69, 9.17) is 4.42 Å². The van der Waals surface area contributed by atoms with E-state index in [-0.39, 0.29) is 11.4 Å². The maximum absolute atomic E-state index is 12.2. The van der Waals surface area contributed by atoms with E-state index < -0.39 is 10.8 Å². The third-order valence-corrected chi connectivity index (χ3v) is 3.99. The second-order valence-corrected chi connectivity index (χ2v) is 5.97. The zero-order valence-electron chi connectivity index (χ0n) is 14.8. The maximum Gasteiger partial charge on any atom is 0.307 e. The number of furan rings is 1. The molecule has 2 aromatic carbocycles. The topological polar surface area (TPSA) is 97.7 Å². The number of rotatable bonds is 5. The van der Waals surface area contributed by atoms with Gasteiger partial charge in [0.1, 0.15) is 5.76 Å². The summed E-state index contributed by atoms with van der Waals surface area (Å²) in [5.74, 6) is 0.0627. The number of non-ortho nitro benzene ring substituents is 1. The molecule has 0 spiro atoms. The van der Waals surface area contributed by atoms with Crippen molar-refractivity contribution in [2.24, 2.45) is 5.10 Å². The summed E-state index contributed by atoms with van der Waals surface area (Å²) in [6.45, 7) is 3.80. The molecule has 1 heterocycles. The fourth-order valence-electron chi connectivity index (χ4n) is 2.41. The van der Waals surface area contributed by atoms with E-state index in [0.717, 1.165) is 11.1 Å². The van der Waals surface area contributed by atoms with Gasteiger partial charge in [0.05, 0.1) is 10.6 Å². The Labute approximate surface area is 155 Å². The van der Waals surface area contributed by atoms with E-state index in [2.05, 4.69) is 10.5 Å². The van der Waals surface area contributed by atoms with Crippen LogP contribution in [0.15, 0.2) is 70.2 Å². The molecule has 0 aliphatic rings. The summed E-state index contributed by atoms with van der Waals surface area (Å²) in [6, 6.07) is 16.9. The predicted molar refractivity (Wildman–Crippen MR) is 102 cm³/mol. The molecule has 0 unspecified atom stereocenters. The van der Waals surface area contributed by atoms with Crippen LogP contribution in [0.4, 0.5) is 5.69 Å². The van der Waals surface area contributed by atoms with Gasteiger partial charge in [-0.25, -0.2) is 5.43 Å². The van der Waals surface area contributed by atoms with E-state index in [1.165, 1.54) is 18.2 Å². The smallest absolute Gasteiger partial charge is 0.307 e. The molecule has 3 rings (SSSR count). The lowest BCUT2D eigenvalue weighted by atomic mass is 10.1. The van der Waals surface area contributed by atoms with Crippen LogP contribution in [0.5, 0.6) is 0 Å². The number of aryl methyl sites for hydroxylation is 1. The summed E-state index contributed by atoms with van der Waals surface area (Å²) in [4.78, 5) is 22.5. The molecular formula is C20H17N3O4. The summed E-state index contributed by atoms with van der Waals surface area (Å²) in [6.07, 6.45) is 0. The molecule has 0 saturated heterocycles. The minimum atomic E-state index is -0.477. The van der Waals surface area contributed by atoms with E-state index in [1.807, 2.05) is 31.2 Å². The van der Waals surface area contributed by atoms with E-state index in [9.17, 15) is 14.9 Å². The number of carbonyl (C=O) groups is 1. The molecule has 0 aliphatic carbocycles. The molecule has 0 bridgehead atoms. The zero-order chi connectivity index (χ0) is 19.4. The van der Waals surface area contributed by atoms with E-state index >= 15 is 0 Å². The fraction of sp³-hybridized carbons (Fsp3) is 0.100. The Morgan fingerprint density at radius 2 is 1.70 bits per heavy atom. The minimum Gasteiger partial charge on any atom is -0.451 e. The first-order valence-electron chi connectivity index (χ1n) is 8.20. The number of hydrogen-bond acceptors (Lipinski definition) is 5. The Morgan fingerprint density at radius 1 is 1.04 bits per heavy atom. The Morgan fingerprint density at radius 3 is 2.33 bits per heavy atom. The summed E-state index contributed by atoms with van der Waals surface area (Å²) in [5.41, 5.74) is 5.82. The monoisotopic (exact) mass is 363 g/mol. The van der Waals surface area contributed by atoms with Crippen molar-refractivity contribution in [3.05, 3.63) is 87.7 Å². The predicted octanol–water partition coefficient (Wildman–Crippen LogP) is 4.32. The summed E-state index contributed by atoms with van der Waals surface area (Å²) in [7, 11) is 0. The molecule has 27 heavy (non-hydrogen) atoms. The Balaban J connectivity index is 1.70. The normalized spacial score (nSPS) is 11.3. The first kappa shape index (κ1) is 18.1. The third-order valence-electron chi connectivity index (χ3n) is 3.99. The highest BCUT2D eigenvalue weighted by Crippen LogP contribution is 2.24. The molecular weight excluding hydrogens is 346 g/mol. The van der Waals surface area contributed by atoms with Crippen LogP contribution < -0.4 is 5.43 Å². The highest BCUT2D eigenvalue weighted by Gasteiger charge is 2.13. The molecule has 0 atom stereocenters. The summed E-state index contributed by atoms with van der Waals surface area (Å²) < 4.78 is 5.53. The van der Waals surface area contributed by atoms with Crippen LogP contribution in [0.3, 0.4) is 0 Å². The number of hydrogen-bond donors (Lipinski definition) is 1. The Kier molecular flexibility index (Phi) is 5.12. The molecule has 136 valence electrons. The van der Waals surface area contributed by atoms with Gasteiger partial charge in [-0.2, -0.15) is 5.10 Å². The molecule has 0 aliphatic heterocycles. The largest absolute Gasteiger partial charge is 0.451 e. The van der Waals surface area contributed by atoms with Gasteiger partial charge in [-0.05, 0) is 43.7 Å². The van der Waals surface area contributed by atoms with Crippen LogP contribution >= 0.6 is 0 Å². The zero-order valence-corrected chi connectivity index (χ0v) is 14.8. The number of benzene rings is 2. The molecule has 1 aromatic heterocycles. The van der Waals surface area contributed by atoms with Crippen molar-refractivity contribution < 1.29 is 14.1 Å². The number of nitrogens with zero attached hydrogens (tertiary/aromatic N) is 2. The SMILES string of the molecule is C/C(=N\NC(=O)c1ccc(-c2ccc([N+](=O)[O-])cc2)o1)c1ccc(C)cc1. The van der Waals surface area contributed by atoms with Gasteiger partial charge in [0, 0.05) is 17.7 Å². The van der Waals surface area contributed by atoms with E-state index in [0.29, 0.717) is 17.0 Å². The summed E-state index contributed by atoms with van der Waals surface area (Å²) >= 11 is 0. The van der Waals surface area contributed by atoms with Crippen molar-refractivity contribution in [2.45, 2.75) is 13.8 Å². The lowest BCUT2D eigenvalue weighted by Crippen LogP contribution is -2.18. The third kappa shape index (κ3) is 4.27. The molecule has 0 saturated carbocycles. The number of nitro benzene ring substituents is 1. The van der Waals surface area contributed by atoms with Crippen molar-refractivity contribution in [3.63, 3.8) is 0 Å². The van der Waals surface area contributed by atoms with Gasteiger partial charge in [-0.3, -0.25) is 14.9 Å². The Hall–Kier alpha value is -3.74. The first-order valence-corrected chi connectivity index (χ1v) is 8.20. The van der Waals surface area contributed by atoms with Gasteiger partial charge in [-0.1, -0.05) is 29.8 Å². The lowest BCUT2D eigenvalue weighted by molar-refractivity contribution is -0.384. The number of hydrazone groups is 1. The van der Waals surface area contributed by atoms with Gasteiger partial charge in [0.2, 0.25) is 0 Å². The molecule has 7 nitrogen and oxygen atoms in total. The number of carbonyl (C=O) groups excluding carboxylic acids is 1. The van der Waals surface area contributed by atoms with Crippen molar-refractivity contribution in [3.8, 4) is 11.3 Å². The summed E-state index contributed by atoms with van der Waals surface area (Å²) in [5, 5.41) is 14.8. The van der Waals surface area contributed by atoms with Crippen LogP contribution in [0.1, 0.15) is 28.6 Å². The second-order valence-electron chi connectivity index (χ2n) is 5.97. The van der Waals surface area contributed by atoms with Crippen LogP contribution in [0, 0.1) is 17.0 Å². The van der Waals surface area contributed by atoms with Gasteiger partial charge in [0.25, 0.3) is 5.69 Å². The first-order chi connectivity index (χ1) is 12.9. The number of amides is 1.